The summed E-state index contributed by atoms with van der Waals surface area (Å²) in [5.41, 5.74) is 9.73. The molecule has 1 unspecified atom stereocenters. The molecule has 0 aliphatic rings. The third-order valence-corrected chi connectivity index (χ3v) is 3.43. The zero-order valence-electron chi connectivity index (χ0n) is 10.6. The van der Waals surface area contributed by atoms with Gasteiger partial charge in [0.15, 0.2) is 0 Å². The van der Waals surface area contributed by atoms with Crippen LogP contribution in [0.2, 0.25) is 5.02 Å². The largest absolute Gasteiger partial charge is 0.320 e. The molecule has 0 amide bonds. The van der Waals surface area contributed by atoms with Crippen LogP contribution in [0.5, 0.6) is 0 Å². The van der Waals surface area contributed by atoms with Crippen LogP contribution in [0.25, 0.3) is 0 Å². The number of aryl methyl sites for hydroxylation is 1. The maximum absolute atomic E-state index is 6.30. The second-order valence-corrected chi connectivity index (χ2v) is 4.90. The number of benzene rings is 2. The van der Waals surface area contributed by atoms with Crippen molar-refractivity contribution in [2.45, 2.75) is 25.8 Å². The molecule has 2 aromatic carbocycles. The SMILES string of the molecule is CCCc1cccc(C(N)c2ccccc2Cl)c1. The minimum absolute atomic E-state index is 0.157. The van der Waals surface area contributed by atoms with Gasteiger partial charge in [-0.15, -0.1) is 0 Å². The molecule has 0 saturated carbocycles. The standard InChI is InChI=1S/C16H18ClN/c1-2-6-12-7-5-8-13(11-12)16(18)14-9-3-4-10-15(14)17/h3-5,7-11,16H,2,6,18H2,1H3. The maximum atomic E-state index is 6.30. The first kappa shape index (κ1) is 13.1. The van der Waals surface area contributed by atoms with Gasteiger partial charge in [0, 0.05) is 5.02 Å². The fourth-order valence-electron chi connectivity index (χ4n) is 2.14. The lowest BCUT2D eigenvalue weighted by Gasteiger charge is -2.15. The van der Waals surface area contributed by atoms with Gasteiger partial charge in [0.2, 0.25) is 0 Å². The highest BCUT2D eigenvalue weighted by Crippen LogP contribution is 2.26. The van der Waals surface area contributed by atoms with Gasteiger partial charge in [0.05, 0.1) is 6.04 Å². The van der Waals surface area contributed by atoms with Crippen molar-refractivity contribution in [2.24, 2.45) is 5.73 Å². The van der Waals surface area contributed by atoms with Crippen LogP contribution in [-0.2, 0) is 6.42 Å². The number of nitrogens with two attached hydrogens (primary N) is 1. The lowest BCUT2D eigenvalue weighted by molar-refractivity contribution is 0.859. The first-order chi connectivity index (χ1) is 8.72. The Bertz CT molecular complexity index is 522. The molecule has 0 fully saturated rings. The molecule has 1 nitrogen and oxygen atoms in total. The van der Waals surface area contributed by atoms with Gasteiger partial charge in [0.25, 0.3) is 0 Å². The van der Waals surface area contributed by atoms with Gasteiger partial charge in [-0.3, -0.25) is 0 Å². The zero-order chi connectivity index (χ0) is 13.0. The fourth-order valence-corrected chi connectivity index (χ4v) is 2.39. The van der Waals surface area contributed by atoms with Crippen LogP contribution in [0.15, 0.2) is 48.5 Å². The Morgan fingerprint density at radius 1 is 1.11 bits per heavy atom. The quantitative estimate of drug-likeness (QED) is 0.868. The van der Waals surface area contributed by atoms with Crippen molar-refractivity contribution in [1.29, 1.82) is 0 Å². The summed E-state index contributed by atoms with van der Waals surface area (Å²) < 4.78 is 0. The Hall–Kier alpha value is -1.31. The first-order valence-corrected chi connectivity index (χ1v) is 6.69. The fraction of sp³-hybridized carbons (Fsp3) is 0.250. The van der Waals surface area contributed by atoms with E-state index in [1.165, 1.54) is 5.56 Å². The summed E-state index contributed by atoms with van der Waals surface area (Å²) in [7, 11) is 0. The van der Waals surface area contributed by atoms with E-state index in [1.807, 2.05) is 24.3 Å². The molecule has 2 aromatic rings. The van der Waals surface area contributed by atoms with Crippen LogP contribution < -0.4 is 5.73 Å². The third-order valence-electron chi connectivity index (χ3n) is 3.09. The van der Waals surface area contributed by atoms with Crippen molar-refractivity contribution in [3.8, 4) is 0 Å². The van der Waals surface area contributed by atoms with E-state index in [4.69, 9.17) is 17.3 Å². The number of rotatable bonds is 4. The zero-order valence-corrected chi connectivity index (χ0v) is 11.3. The van der Waals surface area contributed by atoms with Crippen molar-refractivity contribution in [3.05, 3.63) is 70.2 Å². The number of hydrogen-bond acceptors (Lipinski definition) is 1. The second-order valence-electron chi connectivity index (χ2n) is 4.49. The van der Waals surface area contributed by atoms with E-state index in [0.29, 0.717) is 0 Å². The topological polar surface area (TPSA) is 26.0 Å². The molecule has 18 heavy (non-hydrogen) atoms. The molecule has 0 saturated heterocycles. The van der Waals surface area contributed by atoms with Gasteiger partial charge >= 0.3 is 0 Å². The predicted molar refractivity (Wildman–Crippen MR) is 77.9 cm³/mol. The van der Waals surface area contributed by atoms with Gasteiger partial charge < -0.3 is 5.73 Å². The lowest BCUT2D eigenvalue weighted by Crippen LogP contribution is -2.12. The highest BCUT2D eigenvalue weighted by atomic mass is 35.5. The summed E-state index contributed by atoms with van der Waals surface area (Å²) in [5, 5.41) is 0.728. The molecular formula is C16H18ClN. The molecule has 2 heteroatoms. The monoisotopic (exact) mass is 259 g/mol. The summed E-state index contributed by atoms with van der Waals surface area (Å²) in [4.78, 5) is 0. The number of halogens is 1. The average Bonchev–Trinajstić information content (AvgIpc) is 2.39. The van der Waals surface area contributed by atoms with Crippen LogP contribution in [0.3, 0.4) is 0 Å². The Balaban J connectivity index is 2.31. The van der Waals surface area contributed by atoms with E-state index >= 15 is 0 Å². The summed E-state index contributed by atoms with van der Waals surface area (Å²) >= 11 is 6.19. The van der Waals surface area contributed by atoms with E-state index in [-0.39, 0.29) is 6.04 Å². The van der Waals surface area contributed by atoms with Crippen LogP contribution in [0.4, 0.5) is 0 Å². The number of hydrogen-bond donors (Lipinski definition) is 1. The van der Waals surface area contributed by atoms with E-state index in [1.54, 1.807) is 0 Å². The normalized spacial score (nSPS) is 12.4. The average molecular weight is 260 g/mol. The van der Waals surface area contributed by atoms with Crippen molar-refractivity contribution in [1.82, 2.24) is 0 Å². The van der Waals surface area contributed by atoms with Gasteiger partial charge in [0.1, 0.15) is 0 Å². The van der Waals surface area contributed by atoms with E-state index < -0.39 is 0 Å². The van der Waals surface area contributed by atoms with Gasteiger partial charge in [-0.2, -0.15) is 0 Å². The molecule has 1 atom stereocenters. The first-order valence-electron chi connectivity index (χ1n) is 6.31. The van der Waals surface area contributed by atoms with E-state index in [9.17, 15) is 0 Å². The van der Waals surface area contributed by atoms with Crippen molar-refractivity contribution in [3.63, 3.8) is 0 Å². The highest BCUT2D eigenvalue weighted by molar-refractivity contribution is 6.31. The van der Waals surface area contributed by atoms with Crippen molar-refractivity contribution >= 4 is 11.6 Å². The van der Waals surface area contributed by atoms with Crippen molar-refractivity contribution < 1.29 is 0 Å². The summed E-state index contributed by atoms with van der Waals surface area (Å²) in [5.74, 6) is 0. The lowest BCUT2D eigenvalue weighted by atomic mass is 9.97. The summed E-state index contributed by atoms with van der Waals surface area (Å²) in [6.07, 6.45) is 2.23. The second kappa shape index (κ2) is 6.03. The molecule has 0 aliphatic heterocycles. The van der Waals surface area contributed by atoms with Gasteiger partial charge in [-0.1, -0.05) is 67.4 Å². The molecule has 0 aliphatic carbocycles. The summed E-state index contributed by atoms with van der Waals surface area (Å²) in [6.45, 7) is 2.18. The molecule has 0 heterocycles. The molecule has 2 rings (SSSR count). The minimum atomic E-state index is -0.157. The van der Waals surface area contributed by atoms with Crippen LogP contribution >= 0.6 is 11.6 Å². The van der Waals surface area contributed by atoms with Crippen molar-refractivity contribution in [2.75, 3.05) is 0 Å². The van der Waals surface area contributed by atoms with E-state index in [0.717, 1.165) is 29.0 Å². The Labute approximate surface area is 114 Å². The Morgan fingerprint density at radius 2 is 1.89 bits per heavy atom. The molecule has 94 valence electrons. The van der Waals surface area contributed by atoms with E-state index in [2.05, 4.69) is 31.2 Å². The van der Waals surface area contributed by atoms with Crippen LogP contribution in [0, 0.1) is 0 Å². The molecule has 0 bridgehead atoms. The summed E-state index contributed by atoms with van der Waals surface area (Å²) in [6, 6.07) is 16.1. The molecule has 0 radical (unpaired) electrons. The Morgan fingerprint density at radius 3 is 2.61 bits per heavy atom. The molecule has 2 N–H and O–H groups in total. The molecular weight excluding hydrogens is 242 g/mol. The highest BCUT2D eigenvalue weighted by Gasteiger charge is 2.12. The van der Waals surface area contributed by atoms with Crippen LogP contribution in [0.1, 0.15) is 36.1 Å². The van der Waals surface area contributed by atoms with Gasteiger partial charge in [-0.25, -0.2) is 0 Å². The smallest absolute Gasteiger partial charge is 0.0566 e. The van der Waals surface area contributed by atoms with Crippen LogP contribution in [-0.4, -0.2) is 0 Å². The molecule has 0 aromatic heterocycles. The molecule has 0 spiro atoms. The third kappa shape index (κ3) is 2.92. The predicted octanol–water partition coefficient (Wildman–Crippen LogP) is 4.34. The Kier molecular flexibility index (Phi) is 4.40. The van der Waals surface area contributed by atoms with Gasteiger partial charge in [-0.05, 0) is 29.2 Å². The minimum Gasteiger partial charge on any atom is -0.320 e. The maximum Gasteiger partial charge on any atom is 0.0566 e.